The number of carbonyl (C=O) groups is 1. The molecule has 0 fully saturated rings. The number of pyridine rings is 2. The second kappa shape index (κ2) is 4.99. The third-order valence-corrected chi connectivity index (χ3v) is 2.34. The maximum Gasteiger partial charge on any atom is 0.186 e. The van der Waals surface area contributed by atoms with Crippen LogP contribution in [-0.2, 0) is 0 Å². The van der Waals surface area contributed by atoms with Crippen LogP contribution in [-0.4, -0.2) is 15.8 Å². The van der Waals surface area contributed by atoms with Crippen LogP contribution in [0.4, 0.5) is 0 Å². The number of nitrogens with zero attached hydrogens (tertiary/aromatic N) is 3. The van der Waals surface area contributed by atoms with Crippen molar-refractivity contribution >= 4 is 5.78 Å². The fourth-order valence-electron chi connectivity index (χ4n) is 1.49. The minimum atomic E-state index is -0.862. The van der Waals surface area contributed by atoms with Crippen LogP contribution in [0, 0.1) is 11.3 Å². The molecule has 2 heterocycles. The third kappa shape index (κ3) is 2.34. The molecule has 0 saturated heterocycles. The Morgan fingerprint density at radius 1 is 1.18 bits per heavy atom. The minimum absolute atomic E-state index is 0.256. The van der Waals surface area contributed by atoms with Crippen molar-refractivity contribution in [1.29, 1.82) is 5.26 Å². The van der Waals surface area contributed by atoms with Crippen LogP contribution in [0.2, 0.25) is 0 Å². The maximum atomic E-state index is 12.1. The summed E-state index contributed by atoms with van der Waals surface area (Å²) < 4.78 is 0. The molecule has 2 aromatic rings. The fourth-order valence-corrected chi connectivity index (χ4v) is 1.49. The molecule has 0 aliphatic heterocycles. The summed E-state index contributed by atoms with van der Waals surface area (Å²) in [5.41, 5.74) is 0.939. The van der Waals surface area contributed by atoms with E-state index in [0.29, 0.717) is 11.3 Å². The van der Waals surface area contributed by atoms with Gasteiger partial charge in [-0.05, 0) is 24.3 Å². The fraction of sp³-hybridized carbons (Fsp3) is 0.0769. The van der Waals surface area contributed by atoms with E-state index in [-0.39, 0.29) is 5.78 Å². The number of hydrogen-bond acceptors (Lipinski definition) is 4. The molecule has 2 rings (SSSR count). The van der Waals surface area contributed by atoms with Crippen LogP contribution in [0.1, 0.15) is 22.0 Å². The number of carbonyl (C=O) groups excluding carboxylic acids is 1. The van der Waals surface area contributed by atoms with Crippen LogP contribution in [0.5, 0.6) is 0 Å². The van der Waals surface area contributed by atoms with E-state index in [1.807, 2.05) is 6.07 Å². The van der Waals surface area contributed by atoms with Crippen LogP contribution >= 0.6 is 0 Å². The molecule has 2 aromatic heterocycles. The third-order valence-electron chi connectivity index (χ3n) is 2.34. The lowest BCUT2D eigenvalue weighted by Crippen LogP contribution is -2.12. The Labute approximate surface area is 98.6 Å². The van der Waals surface area contributed by atoms with Gasteiger partial charge in [0, 0.05) is 24.2 Å². The first-order valence-electron chi connectivity index (χ1n) is 5.07. The lowest BCUT2D eigenvalue weighted by molar-refractivity contribution is 0.0977. The summed E-state index contributed by atoms with van der Waals surface area (Å²) in [6, 6.07) is 10.3. The second-order valence-electron chi connectivity index (χ2n) is 3.42. The van der Waals surface area contributed by atoms with Gasteiger partial charge in [0.25, 0.3) is 0 Å². The Kier molecular flexibility index (Phi) is 3.22. The molecule has 0 saturated carbocycles. The van der Waals surface area contributed by atoms with Crippen molar-refractivity contribution < 1.29 is 4.79 Å². The normalized spacial score (nSPS) is 11.5. The topological polar surface area (TPSA) is 66.6 Å². The van der Waals surface area contributed by atoms with E-state index in [0.717, 1.165) is 0 Å². The first kappa shape index (κ1) is 11.0. The number of Topliss-reactive ketones (excluding diaryl/α,β-unsaturated/α-hetero) is 1. The average Bonchev–Trinajstić information content (AvgIpc) is 2.42. The Balaban J connectivity index is 2.33. The molecular formula is C13H9N3O. The Morgan fingerprint density at radius 3 is 2.53 bits per heavy atom. The molecule has 4 heteroatoms. The summed E-state index contributed by atoms with van der Waals surface area (Å²) in [4.78, 5) is 20.0. The molecule has 0 spiro atoms. The van der Waals surface area contributed by atoms with Gasteiger partial charge in [0.2, 0.25) is 0 Å². The van der Waals surface area contributed by atoms with E-state index in [2.05, 4.69) is 9.97 Å². The molecule has 0 aliphatic rings. The summed E-state index contributed by atoms with van der Waals surface area (Å²) >= 11 is 0. The molecule has 0 N–H and O–H groups in total. The van der Waals surface area contributed by atoms with Gasteiger partial charge in [-0.15, -0.1) is 0 Å². The van der Waals surface area contributed by atoms with Gasteiger partial charge in [-0.3, -0.25) is 14.8 Å². The van der Waals surface area contributed by atoms with Gasteiger partial charge in [0.15, 0.2) is 11.7 Å². The highest BCUT2D eigenvalue weighted by atomic mass is 16.1. The molecule has 0 aromatic carbocycles. The standard InChI is InChI=1S/C13H9N3O/c14-9-11(12-3-1-2-6-16-12)13(17)10-4-7-15-8-5-10/h1-8,11H/t11-/m0/s1. The summed E-state index contributed by atoms with van der Waals surface area (Å²) in [6.07, 6.45) is 4.62. The second-order valence-corrected chi connectivity index (χ2v) is 3.42. The highest BCUT2D eigenvalue weighted by Crippen LogP contribution is 2.17. The van der Waals surface area contributed by atoms with Crippen molar-refractivity contribution in [2.45, 2.75) is 5.92 Å². The van der Waals surface area contributed by atoms with E-state index in [9.17, 15) is 4.79 Å². The number of hydrogen-bond donors (Lipinski definition) is 0. The van der Waals surface area contributed by atoms with Crippen molar-refractivity contribution in [3.63, 3.8) is 0 Å². The monoisotopic (exact) mass is 223 g/mol. The Morgan fingerprint density at radius 2 is 1.94 bits per heavy atom. The zero-order valence-electron chi connectivity index (χ0n) is 8.95. The zero-order valence-corrected chi connectivity index (χ0v) is 8.95. The quantitative estimate of drug-likeness (QED) is 0.746. The van der Waals surface area contributed by atoms with Gasteiger partial charge in [0.05, 0.1) is 11.8 Å². The maximum absolute atomic E-state index is 12.1. The van der Waals surface area contributed by atoms with Crippen LogP contribution in [0.15, 0.2) is 48.9 Å². The molecule has 0 bridgehead atoms. The summed E-state index contributed by atoms with van der Waals surface area (Å²) in [5, 5.41) is 9.08. The number of aromatic nitrogens is 2. The molecule has 0 aliphatic carbocycles. The Bertz CT molecular complexity index is 546. The van der Waals surface area contributed by atoms with Crippen molar-refractivity contribution in [2.75, 3.05) is 0 Å². The predicted octanol–water partition coefficient (Wildman–Crippen LogP) is 1.97. The largest absolute Gasteiger partial charge is 0.292 e. The van der Waals surface area contributed by atoms with Crippen LogP contribution in [0.25, 0.3) is 0 Å². The summed E-state index contributed by atoms with van der Waals surface area (Å²) in [7, 11) is 0. The Hall–Kier alpha value is -2.54. The smallest absolute Gasteiger partial charge is 0.186 e. The van der Waals surface area contributed by atoms with Crippen LogP contribution < -0.4 is 0 Å². The first-order chi connectivity index (χ1) is 8.33. The highest BCUT2D eigenvalue weighted by molar-refractivity contribution is 6.02. The summed E-state index contributed by atoms with van der Waals surface area (Å²) in [5.74, 6) is -1.12. The van der Waals surface area contributed by atoms with Crippen LogP contribution in [0.3, 0.4) is 0 Å². The molecule has 0 radical (unpaired) electrons. The van der Waals surface area contributed by atoms with E-state index < -0.39 is 5.92 Å². The lowest BCUT2D eigenvalue weighted by Gasteiger charge is -2.06. The van der Waals surface area contributed by atoms with Gasteiger partial charge in [-0.1, -0.05) is 6.07 Å². The SMILES string of the molecule is N#C[C@H](C(=O)c1ccncc1)c1ccccn1. The molecule has 4 nitrogen and oxygen atoms in total. The van der Waals surface area contributed by atoms with Crippen molar-refractivity contribution in [2.24, 2.45) is 0 Å². The molecule has 0 unspecified atom stereocenters. The minimum Gasteiger partial charge on any atom is -0.292 e. The van der Waals surface area contributed by atoms with Gasteiger partial charge < -0.3 is 0 Å². The first-order valence-corrected chi connectivity index (χ1v) is 5.07. The van der Waals surface area contributed by atoms with Crippen molar-refractivity contribution in [3.05, 3.63) is 60.2 Å². The number of ketones is 1. The number of rotatable bonds is 3. The molecule has 1 atom stereocenters. The molecule has 0 amide bonds. The summed E-state index contributed by atoms with van der Waals surface area (Å²) in [6.45, 7) is 0. The highest BCUT2D eigenvalue weighted by Gasteiger charge is 2.22. The van der Waals surface area contributed by atoms with Gasteiger partial charge in [-0.2, -0.15) is 5.26 Å². The lowest BCUT2D eigenvalue weighted by atomic mass is 9.96. The molecule has 17 heavy (non-hydrogen) atoms. The van der Waals surface area contributed by atoms with Crippen molar-refractivity contribution in [1.82, 2.24) is 9.97 Å². The van der Waals surface area contributed by atoms with Gasteiger partial charge in [-0.25, -0.2) is 0 Å². The van der Waals surface area contributed by atoms with E-state index in [1.54, 1.807) is 36.5 Å². The van der Waals surface area contributed by atoms with Gasteiger partial charge >= 0.3 is 0 Å². The van der Waals surface area contributed by atoms with E-state index in [1.165, 1.54) is 12.4 Å². The van der Waals surface area contributed by atoms with Gasteiger partial charge in [0.1, 0.15) is 0 Å². The molecular weight excluding hydrogens is 214 g/mol. The van der Waals surface area contributed by atoms with E-state index >= 15 is 0 Å². The molecule has 82 valence electrons. The zero-order chi connectivity index (χ0) is 12.1. The average molecular weight is 223 g/mol. The van der Waals surface area contributed by atoms with E-state index in [4.69, 9.17) is 5.26 Å². The predicted molar refractivity (Wildman–Crippen MR) is 61.2 cm³/mol. The number of nitriles is 1. The van der Waals surface area contributed by atoms with Crippen molar-refractivity contribution in [3.8, 4) is 6.07 Å².